The van der Waals surface area contributed by atoms with Gasteiger partial charge in [0.2, 0.25) is 0 Å². The van der Waals surface area contributed by atoms with Gasteiger partial charge in [0.15, 0.2) is 0 Å². The fourth-order valence-electron chi connectivity index (χ4n) is 1.25. The highest BCUT2D eigenvalue weighted by molar-refractivity contribution is 8.00. The minimum Gasteiger partial charge on any atom is -0.493 e. The largest absolute Gasteiger partial charge is 0.493 e. The van der Waals surface area contributed by atoms with Gasteiger partial charge in [-0.15, -0.1) is 0 Å². The number of thioether (sulfide) groups is 1. The van der Waals surface area contributed by atoms with Gasteiger partial charge in [-0.2, -0.15) is 11.8 Å². The molecule has 0 atom stereocenters. The Bertz CT molecular complexity index is 298. The predicted octanol–water partition coefficient (Wildman–Crippen LogP) is 1.78. The molecule has 1 aliphatic heterocycles. The Morgan fingerprint density at radius 3 is 2.67 bits per heavy atom. The number of hydrogen-bond donors (Lipinski definition) is 1. The fraction of sp³-hybridized carbons (Fsp3) is 0.455. The monoisotopic (exact) mass is 225 g/mol. The Balaban J connectivity index is 1.62. The number of nitrogens with two attached hydrogens (primary N) is 1. The molecular weight excluding hydrogens is 210 g/mol. The van der Waals surface area contributed by atoms with E-state index in [2.05, 4.69) is 0 Å². The first-order chi connectivity index (χ1) is 7.34. The standard InChI is InChI=1S/C11H15NO2S/c12-9-1-3-10(4-2-9)14-5-6-15-11-7-13-8-11/h1-4,11H,5-8,12H2. The minimum atomic E-state index is 0.681. The summed E-state index contributed by atoms with van der Waals surface area (Å²) in [5, 5.41) is 0.681. The molecule has 1 aliphatic rings. The summed E-state index contributed by atoms with van der Waals surface area (Å²) < 4.78 is 10.7. The third-order valence-corrected chi connectivity index (χ3v) is 3.34. The van der Waals surface area contributed by atoms with Crippen molar-refractivity contribution in [1.82, 2.24) is 0 Å². The third kappa shape index (κ3) is 3.32. The first-order valence-corrected chi connectivity index (χ1v) is 6.07. The lowest BCUT2D eigenvalue weighted by molar-refractivity contribution is 0.0454. The molecule has 2 N–H and O–H groups in total. The van der Waals surface area contributed by atoms with E-state index in [1.54, 1.807) is 0 Å². The summed E-state index contributed by atoms with van der Waals surface area (Å²) in [5.41, 5.74) is 6.34. The maximum Gasteiger partial charge on any atom is 0.119 e. The van der Waals surface area contributed by atoms with Crippen molar-refractivity contribution in [2.75, 3.05) is 31.3 Å². The molecule has 4 heteroatoms. The van der Waals surface area contributed by atoms with Gasteiger partial charge in [-0.05, 0) is 24.3 Å². The van der Waals surface area contributed by atoms with Gasteiger partial charge in [-0.25, -0.2) is 0 Å². The average Bonchev–Trinajstić information content (AvgIpc) is 2.18. The first-order valence-electron chi connectivity index (χ1n) is 5.02. The van der Waals surface area contributed by atoms with Crippen molar-refractivity contribution in [2.24, 2.45) is 0 Å². The van der Waals surface area contributed by atoms with E-state index in [1.807, 2.05) is 36.0 Å². The Labute approximate surface area is 93.9 Å². The smallest absolute Gasteiger partial charge is 0.119 e. The molecule has 82 valence electrons. The summed E-state index contributed by atoms with van der Waals surface area (Å²) in [6.45, 7) is 2.53. The Kier molecular flexibility index (Phi) is 3.75. The molecule has 0 unspecified atom stereocenters. The molecule has 0 saturated carbocycles. The molecule has 0 radical (unpaired) electrons. The number of hydrogen-bond acceptors (Lipinski definition) is 4. The van der Waals surface area contributed by atoms with Gasteiger partial charge in [0, 0.05) is 11.4 Å². The molecular formula is C11H15NO2S. The summed E-state index contributed by atoms with van der Waals surface area (Å²) in [6, 6.07) is 7.49. The number of rotatable bonds is 5. The van der Waals surface area contributed by atoms with E-state index in [0.29, 0.717) is 5.25 Å². The van der Waals surface area contributed by atoms with Crippen molar-refractivity contribution in [3.05, 3.63) is 24.3 Å². The number of nitrogen functional groups attached to an aromatic ring is 1. The van der Waals surface area contributed by atoms with Crippen molar-refractivity contribution in [3.8, 4) is 5.75 Å². The molecule has 1 aromatic carbocycles. The van der Waals surface area contributed by atoms with E-state index in [9.17, 15) is 0 Å². The van der Waals surface area contributed by atoms with Crippen LogP contribution < -0.4 is 10.5 Å². The maximum absolute atomic E-state index is 5.57. The van der Waals surface area contributed by atoms with Crippen LogP contribution in [0.5, 0.6) is 5.75 Å². The molecule has 1 aromatic rings. The van der Waals surface area contributed by atoms with Gasteiger partial charge in [0.1, 0.15) is 5.75 Å². The molecule has 0 amide bonds. The second-order valence-corrected chi connectivity index (χ2v) is 4.86. The maximum atomic E-state index is 5.57. The van der Waals surface area contributed by atoms with Crippen LogP contribution in [0.25, 0.3) is 0 Å². The lowest BCUT2D eigenvalue weighted by Gasteiger charge is -2.25. The van der Waals surface area contributed by atoms with Crippen molar-refractivity contribution in [3.63, 3.8) is 0 Å². The van der Waals surface area contributed by atoms with Crippen LogP contribution in [0.2, 0.25) is 0 Å². The van der Waals surface area contributed by atoms with Crippen molar-refractivity contribution < 1.29 is 9.47 Å². The zero-order valence-electron chi connectivity index (χ0n) is 8.52. The van der Waals surface area contributed by atoms with Crippen molar-refractivity contribution in [2.45, 2.75) is 5.25 Å². The topological polar surface area (TPSA) is 44.5 Å². The summed E-state index contributed by atoms with van der Waals surface area (Å²) in [4.78, 5) is 0. The van der Waals surface area contributed by atoms with E-state index in [4.69, 9.17) is 15.2 Å². The van der Waals surface area contributed by atoms with Gasteiger partial charge in [-0.1, -0.05) is 0 Å². The molecule has 0 bridgehead atoms. The van der Waals surface area contributed by atoms with Crippen LogP contribution in [0, 0.1) is 0 Å². The van der Waals surface area contributed by atoms with Gasteiger partial charge in [-0.3, -0.25) is 0 Å². The lowest BCUT2D eigenvalue weighted by Crippen LogP contribution is -2.31. The molecule has 1 heterocycles. The highest BCUT2D eigenvalue weighted by Gasteiger charge is 2.17. The van der Waals surface area contributed by atoms with Gasteiger partial charge < -0.3 is 15.2 Å². The van der Waals surface area contributed by atoms with E-state index < -0.39 is 0 Å². The number of ether oxygens (including phenoxy) is 2. The summed E-state index contributed by atoms with van der Waals surface area (Å²) in [7, 11) is 0. The average molecular weight is 225 g/mol. The Morgan fingerprint density at radius 2 is 2.07 bits per heavy atom. The SMILES string of the molecule is Nc1ccc(OCCSC2COC2)cc1. The molecule has 0 aliphatic carbocycles. The first kappa shape index (κ1) is 10.6. The van der Waals surface area contributed by atoms with E-state index >= 15 is 0 Å². The lowest BCUT2D eigenvalue weighted by atomic mass is 10.3. The van der Waals surface area contributed by atoms with Crippen LogP contribution in [-0.4, -0.2) is 30.8 Å². The molecule has 1 fully saturated rings. The molecule has 2 rings (SSSR count). The normalized spacial score (nSPS) is 16.0. The summed E-state index contributed by atoms with van der Waals surface area (Å²) in [6.07, 6.45) is 0. The minimum absolute atomic E-state index is 0.681. The second-order valence-electron chi connectivity index (χ2n) is 3.45. The van der Waals surface area contributed by atoms with Crippen LogP contribution in [0.1, 0.15) is 0 Å². The summed E-state index contributed by atoms with van der Waals surface area (Å²) >= 11 is 1.91. The van der Waals surface area contributed by atoms with Gasteiger partial charge in [0.25, 0.3) is 0 Å². The van der Waals surface area contributed by atoms with E-state index in [-0.39, 0.29) is 0 Å². The highest BCUT2D eigenvalue weighted by atomic mass is 32.2. The zero-order chi connectivity index (χ0) is 10.5. The van der Waals surface area contributed by atoms with Crippen LogP contribution >= 0.6 is 11.8 Å². The number of benzene rings is 1. The summed E-state index contributed by atoms with van der Waals surface area (Å²) in [5.74, 6) is 1.90. The Hall–Kier alpha value is -0.870. The van der Waals surface area contributed by atoms with Gasteiger partial charge >= 0.3 is 0 Å². The van der Waals surface area contributed by atoms with Crippen molar-refractivity contribution >= 4 is 17.4 Å². The molecule has 3 nitrogen and oxygen atoms in total. The molecule has 0 spiro atoms. The van der Waals surface area contributed by atoms with Crippen molar-refractivity contribution in [1.29, 1.82) is 0 Å². The van der Waals surface area contributed by atoms with Gasteiger partial charge in [0.05, 0.1) is 25.1 Å². The van der Waals surface area contributed by atoms with E-state index in [0.717, 1.165) is 37.0 Å². The highest BCUT2D eigenvalue weighted by Crippen LogP contribution is 2.19. The van der Waals surface area contributed by atoms with Crippen LogP contribution in [0.4, 0.5) is 5.69 Å². The van der Waals surface area contributed by atoms with Crippen LogP contribution in [0.3, 0.4) is 0 Å². The second kappa shape index (κ2) is 5.28. The molecule has 0 aromatic heterocycles. The quantitative estimate of drug-likeness (QED) is 0.613. The zero-order valence-corrected chi connectivity index (χ0v) is 9.33. The van der Waals surface area contributed by atoms with Crippen LogP contribution in [0.15, 0.2) is 24.3 Å². The van der Waals surface area contributed by atoms with Crippen LogP contribution in [-0.2, 0) is 4.74 Å². The molecule has 15 heavy (non-hydrogen) atoms. The Morgan fingerprint density at radius 1 is 1.33 bits per heavy atom. The predicted molar refractivity (Wildman–Crippen MR) is 63.4 cm³/mol. The molecule has 1 saturated heterocycles. The van der Waals surface area contributed by atoms with E-state index in [1.165, 1.54) is 0 Å². The fourth-order valence-corrected chi connectivity index (χ4v) is 2.15. The number of anilines is 1. The third-order valence-electron chi connectivity index (χ3n) is 2.19.